The van der Waals surface area contributed by atoms with Gasteiger partial charge in [0.2, 0.25) is 0 Å². The predicted octanol–water partition coefficient (Wildman–Crippen LogP) is 1.02. The van der Waals surface area contributed by atoms with Gasteiger partial charge < -0.3 is 4.57 Å². The van der Waals surface area contributed by atoms with Gasteiger partial charge in [-0.25, -0.2) is 4.98 Å². The zero-order valence-corrected chi connectivity index (χ0v) is 7.53. The first kappa shape index (κ1) is 7.80. The summed E-state index contributed by atoms with van der Waals surface area (Å²) in [5.41, 5.74) is 1.32. The number of hydrogen-bond donors (Lipinski definition) is 0. The molecule has 0 spiro atoms. The van der Waals surface area contributed by atoms with E-state index in [2.05, 4.69) is 21.5 Å². The monoisotopic (exact) mass is 165 g/mol. The van der Waals surface area contributed by atoms with Gasteiger partial charge in [-0.1, -0.05) is 0 Å². The molecule has 1 fully saturated rings. The molecule has 0 N–H and O–H groups in total. The van der Waals surface area contributed by atoms with Crippen molar-refractivity contribution in [2.45, 2.75) is 19.4 Å². The van der Waals surface area contributed by atoms with E-state index >= 15 is 0 Å². The second-order valence-electron chi connectivity index (χ2n) is 3.48. The topological polar surface area (TPSA) is 21.1 Å². The van der Waals surface area contributed by atoms with E-state index in [-0.39, 0.29) is 0 Å². The Labute approximate surface area is 73.0 Å². The molecule has 66 valence electrons. The van der Waals surface area contributed by atoms with Crippen LogP contribution in [0.2, 0.25) is 0 Å². The van der Waals surface area contributed by atoms with Crippen molar-refractivity contribution >= 4 is 0 Å². The maximum absolute atomic E-state index is 4.10. The number of imidazole rings is 1. The smallest absolute Gasteiger partial charge is 0.0945 e. The van der Waals surface area contributed by atoms with Crippen LogP contribution in [0.3, 0.4) is 0 Å². The molecule has 0 amide bonds. The van der Waals surface area contributed by atoms with E-state index in [1.807, 2.05) is 12.5 Å². The summed E-state index contributed by atoms with van der Waals surface area (Å²) < 4.78 is 2.10. The largest absolute Gasteiger partial charge is 0.337 e. The Bertz CT molecular complexity index is 248. The molecule has 2 rings (SSSR count). The zero-order valence-electron chi connectivity index (χ0n) is 7.53. The summed E-state index contributed by atoms with van der Waals surface area (Å²) in [6, 6.07) is 0. The molecule has 0 radical (unpaired) electrons. The Balaban J connectivity index is 1.98. The highest BCUT2D eigenvalue weighted by Gasteiger charge is 2.12. The first-order valence-corrected chi connectivity index (χ1v) is 4.54. The molecule has 12 heavy (non-hydrogen) atoms. The number of aromatic nitrogens is 2. The molecule has 1 aromatic heterocycles. The summed E-state index contributed by atoms with van der Waals surface area (Å²) in [6.45, 7) is 3.58. The lowest BCUT2D eigenvalue weighted by molar-refractivity contribution is 0.323. The molecule has 0 aromatic carbocycles. The summed E-state index contributed by atoms with van der Waals surface area (Å²) in [5, 5.41) is 0. The number of rotatable bonds is 2. The average Bonchev–Trinajstić information content (AvgIpc) is 2.65. The molecule has 0 bridgehead atoms. The van der Waals surface area contributed by atoms with E-state index in [0.29, 0.717) is 0 Å². The highest BCUT2D eigenvalue weighted by Crippen LogP contribution is 2.11. The lowest BCUT2D eigenvalue weighted by Crippen LogP contribution is -2.19. The summed E-state index contributed by atoms with van der Waals surface area (Å²) in [7, 11) is 2.05. The third-order valence-electron chi connectivity index (χ3n) is 2.50. The highest BCUT2D eigenvalue weighted by molar-refractivity contribution is 4.97. The van der Waals surface area contributed by atoms with Crippen molar-refractivity contribution < 1.29 is 0 Å². The first-order chi connectivity index (χ1) is 5.86. The fourth-order valence-electron chi connectivity index (χ4n) is 1.71. The molecule has 1 aliphatic heterocycles. The lowest BCUT2D eigenvalue weighted by atomic mass is 10.4. The first-order valence-electron chi connectivity index (χ1n) is 4.54. The standard InChI is InChI=1S/C9H15N3/c1-11-8-10-6-9(11)7-12-4-2-3-5-12/h6,8H,2-5,7H2,1H3. The molecular weight excluding hydrogens is 150 g/mol. The molecule has 0 saturated carbocycles. The predicted molar refractivity (Wildman–Crippen MR) is 47.7 cm³/mol. The average molecular weight is 165 g/mol. The van der Waals surface area contributed by atoms with E-state index in [1.165, 1.54) is 31.6 Å². The fraction of sp³-hybridized carbons (Fsp3) is 0.667. The van der Waals surface area contributed by atoms with Crippen LogP contribution >= 0.6 is 0 Å². The van der Waals surface area contributed by atoms with E-state index < -0.39 is 0 Å². The Morgan fingerprint density at radius 1 is 1.42 bits per heavy atom. The van der Waals surface area contributed by atoms with Gasteiger partial charge in [-0.05, 0) is 25.9 Å². The Morgan fingerprint density at radius 3 is 2.75 bits per heavy atom. The van der Waals surface area contributed by atoms with Crippen LogP contribution in [0.25, 0.3) is 0 Å². The second kappa shape index (κ2) is 3.27. The van der Waals surface area contributed by atoms with Crippen LogP contribution in [0.15, 0.2) is 12.5 Å². The molecule has 1 aliphatic rings. The molecular formula is C9H15N3. The highest BCUT2D eigenvalue weighted by atomic mass is 15.2. The zero-order chi connectivity index (χ0) is 8.39. The van der Waals surface area contributed by atoms with Crippen LogP contribution in [0, 0.1) is 0 Å². The van der Waals surface area contributed by atoms with Crippen LogP contribution < -0.4 is 0 Å². The minimum absolute atomic E-state index is 1.07. The van der Waals surface area contributed by atoms with E-state index in [4.69, 9.17) is 0 Å². The summed E-state index contributed by atoms with van der Waals surface area (Å²) >= 11 is 0. The van der Waals surface area contributed by atoms with Gasteiger partial charge in [0.25, 0.3) is 0 Å². The van der Waals surface area contributed by atoms with E-state index in [0.717, 1.165) is 6.54 Å². The minimum Gasteiger partial charge on any atom is -0.337 e. The van der Waals surface area contributed by atoms with Gasteiger partial charge in [0.05, 0.1) is 12.0 Å². The quantitative estimate of drug-likeness (QED) is 0.652. The number of aryl methyl sites for hydroxylation is 1. The molecule has 0 atom stereocenters. The Morgan fingerprint density at radius 2 is 2.17 bits per heavy atom. The van der Waals surface area contributed by atoms with Crippen molar-refractivity contribution in [3.8, 4) is 0 Å². The minimum atomic E-state index is 1.07. The maximum Gasteiger partial charge on any atom is 0.0945 e. The second-order valence-corrected chi connectivity index (χ2v) is 3.48. The van der Waals surface area contributed by atoms with Crippen molar-refractivity contribution in [1.82, 2.24) is 14.5 Å². The molecule has 0 aliphatic carbocycles. The van der Waals surface area contributed by atoms with Crippen LogP contribution in [0.5, 0.6) is 0 Å². The number of nitrogens with zero attached hydrogens (tertiary/aromatic N) is 3. The van der Waals surface area contributed by atoms with Crippen LogP contribution in [-0.2, 0) is 13.6 Å². The van der Waals surface area contributed by atoms with E-state index in [1.54, 1.807) is 0 Å². The Hall–Kier alpha value is -0.830. The summed E-state index contributed by atoms with van der Waals surface area (Å²) in [4.78, 5) is 6.58. The van der Waals surface area contributed by atoms with Gasteiger partial charge in [-0.2, -0.15) is 0 Å². The van der Waals surface area contributed by atoms with Gasteiger partial charge in [0.15, 0.2) is 0 Å². The van der Waals surface area contributed by atoms with Crippen molar-refractivity contribution in [2.24, 2.45) is 7.05 Å². The number of likely N-dealkylation sites (tertiary alicyclic amines) is 1. The van der Waals surface area contributed by atoms with Gasteiger partial charge >= 0.3 is 0 Å². The van der Waals surface area contributed by atoms with Gasteiger partial charge in [-0.15, -0.1) is 0 Å². The maximum atomic E-state index is 4.10. The van der Waals surface area contributed by atoms with Gasteiger partial charge in [-0.3, -0.25) is 4.90 Å². The van der Waals surface area contributed by atoms with Gasteiger partial charge in [0.1, 0.15) is 0 Å². The molecule has 1 saturated heterocycles. The van der Waals surface area contributed by atoms with Crippen LogP contribution in [-0.4, -0.2) is 27.5 Å². The van der Waals surface area contributed by atoms with Crippen LogP contribution in [0.1, 0.15) is 18.5 Å². The Kier molecular flexibility index (Phi) is 2.13. The van der Waals surface area contributed by atoms with Crippen molar-refractivity contribution in [2.75, 3.05) is 13.1 Å². The van der Waals surface area contributed by atoms with Crippen molar-refractivity contribution in [3.63, 3.8) is 0 Å². The normalized spacial score (nSPS) is 18.8. The molecule has 2 heterocycles. The molecule has 1 aromatic rings. The van der Waals surface area contributed by atoms with Gasteiger partial charge in [0, 0.05) is 19.8 Å². The van der Waals surface area contributed by atoms with Crippen LogP contribution in [0.4, 0.5) is 0 Å². The summed E-state index contributed by atoms with van der Waals surface area (Å²) in [6.07, 6.45) is 6.54. The molecule has 3 nitrogen and oxygen atoms in total. The SMILES string of the molecule is Cn1cncc1CN1CCCC1. The number of hydrogen-bond acceptors (Lipinski definition) is 2. The summed E-state index contributed by atoms with van der Waals surface area (Å²) in [5.74, 6) is 0. The molecule has 0 unspecified atom stereocenters. The fourth-order valence-corrected chi connectivity index (χ4v) is 1.71. The molecule has 3 heteroatoms. The van der Waals surface area contributed by atoms with E-state index in [9.17, 15) is 0 Å². The third kappa shape index (κ3) is 1.50. The van der Waals surface area contributed by atoms with Crippen molar-refractivity contribution in [3.05, 3.63) is 18.2 Å². The lowest BCUT2D eigenvalue weighted by Gasteiger charge is -2.13. The third-order valence-corrected chi connectivity index (χ3v) is 2.50. The van der Waals surface area contributed by atoms with Crippen molar-refractivity contribution in [1.29, 1.82) is 0 Å².